The highest BCUT2D eigenvalue weighted by Crippen LogP contribution is 2.37. The van der Waals surface area contributed by atoms with Crippen molar-refractivity contribution in [2.24, 2.45) is 5.92 Å². The topological polar surface area (TPSA) is 148 Å². The van der Waals surface area contributed by atoms with Gasteiger partial charge in [-0.25, -0.2) is 9.59 Å². The number of ketones is 1. The summed E-state index contributed by atoms with van der Waals surface area (Å²) in [7, 11) is -2.82. The largest absolute Gasteiger partial charge is 0.465 e. The van der Waals surface area contributed by atoms with Gasteiger partial charge in [0.05, 0.1) is 25.1 Å². The molecule has 1 aromatic heterocycles. The molecule has 0 radical (unpaired) electrons. The average Bonchev–Trinajstić information content (AvgIpc) is 3.45. The molecule has 3 aromatic rings. The number of amides is 1. The van der Waals surface area contributed by atoms with Crippen molar-refractivity contribution >= 4 is 42.6 Å². The van der Waals surface area contributed by atoms with E-state index >= 15 is 0 Å². The standard InChI is InChI=1S/C33H39N3O8Si/c1-5-43-30(38)25(29(37)28-26-22-34-36(32(41)42)27(26)19-20-35(28)31(39)40)18-12-13-21-44-45(33(2,3)4,23-14-8-6-9-15-23)24-16-10-7-11-17-24/h6-17,22,25,28H,5,18-21H2,1-4H3,(H,39,40)(H,41,42). The Hall–Kier alpha value is -4.55. The molecule has 238 valence electrons. The first-order chi connectivity index (χ1) is 21.4. The number of aromatic nitrogens is 2. The van der Waals surface area contributed by atoms with Crippen LogP contribution in [0, 0.1) is 5.92 Å². The van der Waals surface area contributed by atoms with Gasteiger partial charge in [0.2, 0.25) is 0 Å². The molecule has 0 saturated carbocycles. The number of esters is 1. The van der Waals surface area contributed by atoms with Crippen molar-refractivity contribution in [3.63, 3.8) is 0 Å². The molecule has 45 heavy (non-hydrogen) atoms. The summed E-state index contributed by atoms with van der Waals surface area (Å²) in [5.41, 5.74) is 0.361. The van der Waals surface area contributed by atoms with Crippen LogP contribution in [0.2, 0.25) is 5.04 Å². The van der Waals surface area contributed by atoms with Gasteiger partial charge < -0.3 is 19.4 Å². The molecule has 0 aliphatic carbocycles. The summed E-state index contributed by atoms with van der Waals surface area (Å²) >= 11 is 0. The number of carbonyl (C=O) groups is 4. The van der Waals surface area contributed by atoms with Crippen molar-refractivity contribution in [2.75, 3.05) is 19.8 Å². The second kappa shape index (κ2) is 14.0. The summed E-state index contributed by atoms with van der Waals surface area (Å²) in [6, 6.07) is 18.9. The van der Waals surface area contributed by atoms with Gasteiger partial charge in [-0.1, -0.05) is 93.6 Å². The van der Waals surface area contributed by atoms with Crippen molar-refractivity contribution in [1.82, 2.24) is 14.7 Å². The molecule has 1 aliphatic heterocycles. The SMILES string of the molecule is CCOC(=O)C(CC=CCO[Si](c1ccccc1)(c1ccccc1)C(C)(C)C)C(=O)C1c2cnn(C(=O)O)c2CCN1C(=O)O. The molecule has 2 N–H and O–H groups in total. The molecule has 2 aromatic carbocycles. The van der Waals surface area contributed by atoms with Crippen molar-refractivity contribution in [3.05, 3.63) is 90.3 Å². The van der Waals surface area contributed by atoms with Gasteiger partial charge in [0, 0.05) is 18.5 Å². The molecular formula is C33H39N3O8Si. The van der Waals surface area contributed by atoms with Gasteiger partial charge in [0.25, 0.3) is 8.32 Å². The monoisotopic (exact) mass is 633 g/mol. The van der Waals surface area contributed by atoms with E-state index in [1.54, 1.807) is 19.1 Å². The zero-order valence-electron chi connectivity index (χ0n) is 25.9. The lowest BCUT2D eigenvalue weighted by Crippen LogP contribution is -2.66. The lowest BCUT2D eigenvalue weighted by molar-refractivity contribution is -0.152. The fraction of sp³-hybridized carbons (Fsp3) is 0.364. The number of allylic oxidation sites excluding steroid dienone is 1. The summed E-state index contributed by atoms with van der Waals surface area (Å²) in [5, 5.41) is 25.2. The molecule has 11 nitrogen and oxygen atoms in total. The van der Waals surface area contributed by atoms with Gasteiger partial charge in [0.15, 0.2) is 5.78 Å². The lowest BCUT2D eigenvalue weighted by atomic mass is 9.87. The van der Waals surface area contributed by atoms with Crippen LogP contribution in [-0.4, -0.2) is 76.9 Å². The fourth-order valence-corrected chi connectivity index (χ4v) is 10.6. The number of ether oxygens (including phenoxy) is 1. The summed E-state index contributed by atoms with van der Waals surface area (Å²) in [4.78, 5) is 51.7. The minimum Gasteiger partial charge on any atom is -0.465 e. The first-order valence-corrected chi connectivity index (χ1v) is 16.7. The normalized spacial score (nSPS) is 15.8. The number of carboxylic acid groups (broad SMARTS) is 2. The molecule has 0 bridgehead atoms. The van der Waals surface area contributed by atoms with Crippen LogP contribution in [0.25, 0.3) is 0 Å². The molecule has 2 unspecified atom stereocenters. The number of benzene rings is 2. The van der Waals surface area contributed by atoms with Gasteiger partial charge in [-0.05, 0) is 28.8 Å². The number of rotatable bonds is 11. The zero-order chi connectivity index (χ0) is 32.8. The van der Waals surface area contributed by atoms with E-state index in [0.29, 0.717) is 0 Å². The van der Waals surface area contributed by atoms with Crippen LogP contribution >= 0.6 is 0 Å². The Morgan fingerprint density at radius 3 is 2.09 bits per heavy atom. The number of nitrogens with zero attached hydrogens (tertiary/aromatic N) is 3. The first-order valence-electron chi connectivity index (χ1n) is 14.8. The van der Waals surface area contributed by atoms with Crippen LogP contribution < -0.4 is 10.4 Å². The highest BCUT2D eigenvalue weighted by Gasteiger charge is 2.50. The number of hydrogen-bond donors (Lipinski definition) is 2. The van der Waals surface area contributed by atoms with Crippen LogP contribution in [0.1, 0.15) is 51.4 Å². The maximum atomic E-state index is 13.9. The van der Waals surface area contributed by atoms with Gasteiger partial charge in [-0.3, -0.25) is 14.5 Å². The third-order valence-electron chi connectivity index (χ3n) is 8.06. The number of Topliss-reactive ketones (excluding diaryl/α,β-unsaturated/α-hetero) is 1. The van der Waals surface area contributed by atoms with E-state index in [9.17, 15) is 29.4 Å². The van der Waals surface area contributed by atoms with Crippen molar-refractivity contribution in [2.45, 2.75) is 51.6 Å². The van der Waals surface area contributed by atoms with E-state index in [1.807, 2.05) is 36.4 Å². The van der Waals surface area contributed by atoms with Crippen LogP contribution in [0.15, 0.2) is 79.0 Å². The van der Waals surface area contributed by atoms with E-state index in [2.05, 4.69) is 50.1 Å². The number of hydrogen-bond acceptors (Lipinski definition) is 7. The fourth-order valence-electron chi connectivity index (χ4n) is 6.06. The third kappa shape index (κ3) is 6.76. The average molecular weight is 634 g/mol. The zero-order valence-corrected chi connectivity index (χ0v) is 26.9. The quantitative estimate of drug-likeness (QED) is 0.137. The maximum absolute atomic E-state index is 13.9. The van der Waals surface area contributed by atoms with Gasteiger partial charge in [-0.2, -0.15) is 9.78 Å². The Kier molecular flexibility index (Phi) is 10.4. The minimum absolute atomic E-state index is 0.0266. The van der Waals surface area contributed by atoms with Gasteiger partial charge in [0.1, 0.15) is 12.0 Å². The predicted octanol–water partition coefficient (Wildman–Crippen LogP) is 4.26. The van der Waals surface area contributed by atoms with E-state index in [4.69, 9.17) is 9.16 Å². The molecular weight excluding hydrogens is 594 g/mol. The van der Waals surface area contributed by atoms with Gasteiger partial charge in [-0.15, -0.1) is 0 Å². The Morgan fingerprint density at radius 1 is 0.978 bits per heavy atom. The molecule has 2 atom stereocenters. The van der Waals surface area contributed by atoms with Gasteiger partial charge >= 0.3 is 18.2 Å². The molecule has 4 rings (SSSR count). The minimum atomic E-state index is -2.82. The maximum Gasteiger partial charge on any atom is 0.432 e. The third-order valence-corrected chi connectivity index (χ3v) is 13.1. The molecule has 0 saturated heterocycles. The van der Waals surface area contributed by atoms with Crippen LogP contribution in [-0.2, 0) is 25.2 Å². The van der Waals surface area contributed by atoms with Crippen LogP contribution in [0.3, 0.4) is 0 Å². The summed E-state index contributed by atoms with van der Waals surface area (Å²) in [6.07, 6.45) is 1.90. The van der Waals surface area contributed by atoms with E-state index in [0.717, 1.165) is 20.0 Å². The van der Waals surface area contributed by atoms with Crippen molar-refractivity contribution in [1.29, 1.82) is 0 Å². The molecule has 0 spiro atoms. The molecule has 1 aliphatic rings. The van der Waals surface area contributed by atoms with E-state index in [1.165, 1.54) is 6.20 Å². The molecule has 2 heterocycles. The Bertz CT molecular complexity index is 1510. The number of carbonyl (C=O) groups excluding carboxylic acids is 2. The lowest BCUT2D eigenvalue weighted by Gasteiger charge is -2.42. The Labute approximate surface area is 263 Å². The number of fused-ring (bicyclic) bond motifs is 1. The van der Waals surface area contributed by atoms with Crippen molar-refractivity contribution in [3.8, 4) is 0 Å². The second-order valence-corrected chi connectivity index (χ2v) is 16.1. The highest BCUT2D eigenvalue weighted by atomic mass is 28.4. The Balaban J connectivity index is 1.62. The predicted molar refractivity (Wildman–Crippen MR) is 169 cm³/mol. The Morgan fingerprint density at radius 2 is 1.58 bits per heavy atom. The molecule has 1 amide bonds. The van der Waals surface area contributed by atoms with Crippen LogP contribution in [0.4, 0.5) is 9.59 Å². The van der Waals surface area contributed by atoms with E-state index < -0.39 is 44.2 Å². The first kappa shape index (κ1) is 33.3. The summed E-state index contributed by atoms with van der Waals surface area (Å²) < 4.78 is 12.8. The van der Waals surface area contributed by atoms with E-state index in [-0.39, 0.29) is 48.9 Å². The summed E-state index contributed by atoms with van der Waals surface area (Å²) in [5.74, 6) is -2.83. The second-order valence-electron chi connectivity index (χ2n) is 11.8. The van der Waals surface area contributed by atoms with Crippen molar-refractivity contribution < 1.29 is 38.6 Å². The van der Waals surface area contributed by atoms with Crippen LogP contribution in [0.5, 0.6) is 0 Å². The smallest absolute Gasteiger partial charge is 0.432 e. The summed E-state index contributed by atoms with van der Waals surface area (Å²) in [6.45, 7) is 8.21. The molecule has 0 fully saturated rings. The molecule has 12 heteroatoms. The highest BCUT2D eigenvalue weighted by molar-refractivity contribution is 6.99.